The highest BCUT2D eigenvalue weighted by Gasteiger charge is 2.12. The zero-order valence-electron chi connectivity index (χ0n) is 14.2. The van der Waals surface area contributed by atoms with E-state index in [-0.39, 0.29) is 5.91 Å². The maximum atomic E-state index is 12.5. The molecule has 9 heteroatoms. The number of carbonyl (C=O) groups excluding carboxylic acids is 1. The number of halogens is 1. The number of hydrogen-bond donors (Lipinski definition) is 1. The summed E-state index contributed by atoms with van der Waals surface area (Å²) in [6, 6.07) is 12.4. The van der Waals surface area contributed by atoms with Crippen LogP contribution in [0.3, 0.4) is 0 Å². The van der Waals surface area contributed by atoms with E-state index in [0.717, 1.165) is 10.6 Å². The van der Waals surface area contributed by atoms with Crippen molar-refractivity contribution in [3.8, 4) is 16.3 Å². The molecule has 0 saturated heterocycles. The summed E-state index contributed by atoms with van der Waals surface area (Å²) in [5, 5.41) is 16.3. The van der Waals surface area contributed by atoms with E-state index in [9.17, 15) is 4.79 Å². The van der Waals surface area contributed by atoms with Crippen LogP contribution in [0.5, 0.6) is 5.75 Å². The minimum atomic E-state index is -0.254. The first-order chi connectivity index (χ1) is 13.1. The topological polar surface area (TPSA) is 81.4 Å². The Kier molecular flexibility index (Phi) is 4.74. The molecule has 0 aliphatic rings. The summed E-state index contributed by atoms with van der Waals surface area (Å²) in [7, 11) is 0. The van der Waals surface area contributed by atoms with Crippen molar-refractivity contribution in [3.05, 3.63) is 59.4 Å². The van der Waals surface area contributed by atoms with Gasteiger partial charge in [-0.25, -0.2) is 0 Å². The van der Waals surface area contributed by atoms with Crippen LogP contribution in [0, 0.1) is 0 Å². The third-order valence-electron chi connectivity index (χ3n) is 3.75. The first-order valence-electron chi connectivity index (χ1n) is 8.15. The number of rotatable bonds is 5. The highest BCUT2D eigenvalue weighted by atomic mass is 35.5. The van der Waals surface area contributed by atoms with Crippen molar-refractivity contribution in [2.24, 2.45) is 0 Å². The summed E-state index contributed by atoms with van der Waals surface area (Å²) in [6.45, 7) is 2.39. The second-order valence-electron chi connectivity index (χ2n) is 5.58. The molecule has 0 aliphatic heterocycles. The van der Waals surface area contributed by atoms with E-state index < -0.39 is 0 Å². The van der Waals surface area contributed by atoms with Crippen LogP contribution in [0.25, 0.3) is 15.5 Å². The van der Waals surface area contributed by atoms with Crippen LogP contribution < -0.4 is 10.1 Å². The predicted octanol–water partition coefficient (Wildman–Crippen LogP) is 4.16. The lowest BCUT2D eigenvalue weighted by Gasteiger charge is -2.09. The quantitative estimate of drug-likeness (QED) is 0.545. The largest absolute Gasteiger partial charge is 0.492 e. The molecule has 7 nitrogen and oxygen atoms in total. The van der Waals surface area contributed by atoms with E-state index in [1.54, 1.807) is 29.0 Å². The molecular formula is C18H14ClN5O2S. The molecule has 4 rings (SSSR count). The van der Waals surface area contributed by atoms with Gasteiger partial charge in [0.05, 0.1) is 11.6 Å². The van der Waals surface area contributed by atoms with Crippen molar-refractivity contribution < 1.29 is 9.53 Å². The Morgan fingerprint density at radius 3 is 2.96 bits per heavy atom. The number of aromatic nitrogens is 4. The highest BCUT2D eigenvalue weighted by Crippen LogP contribution is 2.28. The smallest absolute Gasteiger partial charge is 0.255 e. The minimum Gasteiger partial charge on any atom is -0.492 e. The van der Waals surface area contributed by atoms with Crippen molar-refractivity contribution in [1.82, 2.24) is 19.8 Å². The first kappa shape index (κ1) is 17.4. The van der Waals surface area contributed by atoms with Gasteiger partial charge in [-0.3, -0.25) is 4.79 Å². The Bertz CT molecular complexity index is 1100. The van der Waals surface area contributed by atoms with Gasteiger partial charge in [-0.15, -0.1) is 10.2 Å². The van der Waals surface area contributed by atoms with Gasteiger partial charge in [0.25, 0.3) is 5.91 Å². The minimum absolute atomic E-state index is 0.254. The van der Waals surface area contributed by atoms with Crippen molar-refractivity contribution in [2.45, 2.75) is 6.92 Å². The second kappa shape index (κ2) is 7.34. The molecule has 27 heavy (non-hydrogen) atoms. The summed E-state index contributed by atoms with van der Waals surface area (Å²) < 4.78 is 7.01. The van der Waals surface area contributed by atoms with E-state index in [1.165, 1.54) is 11.3 Å². The molecule has 2 aromatic heterocycles. The number of ether oxygens (including phenoxy) is 1. The van der Waals surface area contributed by atoms with Gasteiger partial charge in [0.2, 0.25) is 4.96 Å². The summed E-state index contributed by atoms with van der Waals surface area (Å²) in [5.74, 6) is 0.302. The number of fused-ring (bicyclic) bond motifs is 1. The van der Waals surface area contributed by atoms with Crippen LogP contribution >= 0.6 is 22.9 Å². The normalized spacial score (nSPS) is 10.9. The van der Waals surface area contributed by atoms with E-state index in [1.807, 2.05) is 31.2 Å². The van der Waals surface area contributed by atoms with Crippen molar-refractivity contribution >= 4 is 39.5 Å². The lowest BCUT2D eigenvalue weighted by atomic mass is 10.1. The van der Waals surface area contributed by atoms with Gasteiger partial charge in [-0.05, 0) is 37.3 Å². The van der Waals surface area contributed by atoms with Gasteiger partial charge in [0.15, 0.2) is 0 Å². The van der Waals surface area contributed by atoms with Crippen LogP contribution in [0.4, 0.5) is 5.69 Å². The molecule has 0 bridgehead atoms. The van der Waals surface area contributed by atoms with Crippen LogP contribution in [0.2, 0.25) is 5.02 Å². The van der Waals surface area contributed by atoms with Crippen LogP contribution in [-0.4, -0.2) is 32.3 Å². The molecular weight excluding hydrogens is 386 g/mol. The fourth-order valence-electron chi connectivity index (χ4n) is 2.52. The van der Waals surface area contributed by atoms with E-state index in [0.29, 0.717) is 33.6 Å². The molecule has 0 saturated carbocycles. The summed E-state index contributed by atoms with van der Waals surface area (Å²) >= 11 is 7.59. The maximum Gasteiger partial charge on any atom is 0.255 e. The van der Waals surface area contributed by atoms with Gasteiger partial charge in [0.1, 0.15) is 17.1 Å². The first-order valence-corrected chi connectivity index (χ1v) is 9.34. The lowest BCUT2D eigenvalue weighted by Crippen LogP contribution is -2.12. The average molecular weight is 400 g/mol. The molecule has 136 valence electrons. The maximum absolute atomic E-state index is 12.5. The fourth-order valence-corrected chi connectivity index (χ4v) is 3.58. The van der Waals surface area contributed by atoms with E-state index in [2.05, 4.69) is 20.6 Å². The Labute approximate surface area is 163 Å². The van der Waals surface area contributed by atoms with Crippen molar-refractivity contribution in [1.29, 1.82) is 0 Å². The molecule has 0 aliphatic carbocycles. The van der Waals surface area contributed by atoms with E-state index >= 15 is 0 Å². The van der Waals surface area contributed by atoms with Crippen LogP contribution in [0.1, 0.15) is 17.3 Å². The number of benzene rings is 2. The Hall–Kier alpha value is -2.97. The Morgan fingerprint density at radius 1 is 1.30 bits per heavy atom. The van der Waals surface area contributed by atoms with E-state index in [4.69, 9.17) is 16.3 Å². The number of hydrogen-bond acceptors (Lipinski definition) is 6. The third kappa shape index (κ3) is 3.62. The Morgan fingerprint density at radius 2 is 2.19 bits per heavy atom. The fraction of sp³-hybridized carbons (Fsp3) is 0.111. The SMILES string of the molecule is CCOc1ccc(C(=O)Nc2cccc(-c3nn4cnnc4s3)c2)cc1Cl. The average Bonchev–Trinajstić information content (AvgIpc) is 3.26. The number of carbonyl (C=O) groups is 1. The summed E-state index contributed by atoms with van der Waals surface area (Å²) in [4.78, 5) is 13.2. The van der Waals surface area contributed by atoms with Crippen LogP contribution in [-0.2, 0) is 0 Å². The van der Waals surface area contributed by atoms with Gasteiger partial charge in [-0.1, -0.05) is 35.1 Å². The van der Waals surface area contributed by atoms with Crippen molar-refractivity contribution in [3.63, 3.8) is 0 Å². The Balaban J connectivity index is 1.55. The number of amides is 1. The summed E-state index contributed by atoms with van der Waals surface area (Å²) in [5.41, 5.74) is 1.99. The molecule has 0 radical (unpaired) electrons. The highest BCUT2D eigenvalue weighted by molar-refractivity contribution is 7.19. The molecule has 2 aromatic carbocycles. The second-order valence-corrected chi connectivity index (χ2v) is 6.94. The predicted molar refractivity (Wildman–Crippen MR) is 105 cm³/mol. The lowest BCUT2D eigenvalue weighted by molar-refractivity contribution is 0.102. The standard InChI is InChI=1S/C18H14ClN5O2S/c1-2-26-15-7-6-11(9-14(15)19)16(25)21-13-5-3-4-12(8-13)17-23-24-10-20-22-18(24)27-17/h3-10H,2H2,1H3,(H,21,25). The number of nitrogens with one attached hydrogen (secondary N) is 1. The van der Waals surface area contributed by atoms with Gasteiger partial charge < -0.3 is 10.1 Å². The van der Waals surface area contributed by atoms with Gasteiger partial charge in [-0.2, -0.15) is 9.61 Å². The van der Waals surface area contributed by atoms with Gasteiger partial charge in [0, 0.05) is 16.8 Å². The number of nitrogens with zero attached hydrogens (tertiary/aromatic N) is 4. The molecule has 0 atom stereocenters. The molecule has 1 N–H and O–H groups in total. The van der Waals surface area contributed by atoms with Crippen LogP contribution in [0.15, 0.2) is 48.8 Å². The van der Waals surface area contributed by atoms with Gasteiger partial charge >= 0.3 is 0 Å². The molecule has 0 unspecified atom stereocenters. The molecule has 2 heterocycles. The number of anilines is 1. The van der Waals surface area contributed by atoms with Crippen molar-refractivity contribution in [2.75, 3.05) is 11.9 Å². The molecule has 0 fully saturated rings. The zero-order chi connectivity index (χ0) is 18.8. The molecule has 4 aromatic rings. The monoisotopic (exact) mass is 399 g/mol. The summed E-state index contributed by atoms with van der Waals surface area (Å²) in [6.07, 6.45) is 1.55. The zero-order valence-corrected chi connectivity index (χ0v) is 15.8. The molecule has 0 spiro atoms. The third-order valence-corrected chi connectivity index (χ3v) is 5.01. The molecule has 1 amide bonds.